The van der Waals surface area contributed by atoms with Crippen molar-refractivity contribution >= 4 is 34.2 Å². The SMILES string of the molecule is NC(=O)c1cc(CNc2ccccc2C(=O)Nc2nc3ccc(F)cc3cc2F)ccn1. The van der Waals surface area contributed by atoms with Crippen molar-refractivity contribution in [2.24, 2.45) is 5.73 Å². The fourth-order valence-electron chi connectivity index (χ4n) is 3.14. The number of benzene rings is 2. The van der Waals surface area contributed by atoms with Gasteiger partial charge in [-0.05, 0) is 54.1 Å². The number of fused-ring (bicyclic) bond motifs is 1. The molecule has 4 rings (SSSR count). The number of primary amides is 1. The molecule has 2 amide bonds. The second-order valence-corrected chi connectivity index (χ2v) is 6.92. The number of hydrogen-bond donors (Lipinski definition) is 3. The van der Waals surface area contributed by atoms with Gasteiger partial charge in [-0.25, -0.2) is 13.8 Å². The molecule has 0 atom stereocenters. The monoisotopic (exact) mass is 433 g/mol. The summed E-state index contributed by atoms with van der Waals surface area (Å²) < 4.78 is 27.8. The third-order valence-electron chi connectivity index (χ3n) is 4.69. The molecule has 0 spiro atoms. The standard InChI is InChI=1S/C23H17F2N5O2/c24-15-5-6-18-14(10-15)11-17(25)22(29-18)30-23(32)16-3-1-2-4-19(16)28-12-13-7-8-27-20(9-13)21(26)31/h1-11,28H,12H2,(H2,26,31)(H,29,30,32). The van der Waals surface area contributed by atoms with E-state index in [4.69, 9.17) is 5.73 Å². The Morgan fingerprint density at radius 1 is 1.00 bits per heavy atom. The first-order chi connectivity index (χ1) is 15.4. The van der Waals surface area contributed by atoms with E-state index in [2.05, 4.69) is 20.6 Å². The normalized spacial score (nSPS) is 10.7. The van der Waals surface area contributed by atoms with Crippen LogP contribution in [0.15, 0.2) is 66.9 Å². The number of para-hydroxylation sites is 1. The highest BCUT2D eigenvalue weighted by Crippen LogP contribution is 2.22. The fourth-order valence-corrected chi connectivity index (χ4v) is 3.14. The number of carbonyl (C=O) groups excluding carboxylic acids is 2. The number of aromatic nitrogens is 2. The molecule has 2 heterocycles. The van der Waals surface area contributed by atoms with Crippen LogP contribution in [0.25, 0.3) is 10.9 Å². The Morgan fingerprint density at radius 2 is 1.81 bits per heavy atom. The number of nitrogens with zero attached hydrogens (tertiary/aromatic N) is 2. The summed E-state index contributed by atoms with van der Waals surface area (Å²) in [6.45, 7) is 0.293. The second-order valence-electron chi connectivity index (χ2n) is 6.92. The van der Waals surface area contributed by atoms with Crippen molar-refractivity contribution in [1.82, 2.24) is 9.97 Å². The lowest BCUT2D eigenvalue weighted by molar-refractivity contribution is 0.0993. The maximum absolute atomic E-state index is 14.4. The first-order valence-corrected chi connectivity index (χ1v) is 9.55. The Bertz CT molecular complexity index is 1340. The molecule has 32 heavy (non-hydrogen) atoms. The van der Waals surface area contributed by atoms with E-state index in [0.717, 1.165) is 11.6 Å². The van der Waals surface area contributed by atoms with E-state index < -0.39 is 23.4 Å². The zero-order chi connectivity index (χ0) is 22.7. The summed E-state index contributed by atoms with van der Waals surface area (Å²) >= 11 is 0. The summed E-state index contributed by atoms with van der Waals surface area (Å²) in [5.74, 6) is -2.76. The number of nitrogens with one attached hydrogen (secondary N) is 2. The molecule has 0 bridgehead atoms. The fraction of sp³-hybridized carbons (Fsp3) is 0.0435. The minimum absolute atomic E-state index is 0.132. The molecule has 2 aromatic heterocycles. The van der Waals surface area contributed by atoms with Gasteiger partial charge < -0.3 is 16.4 Å². The molecule has 0 fully saturated rings. The Morgan fingerprint density at radius 3 is 2.62 bits per heavy atom. The van der Waals surface area contributed by atoms with E-state index in [-0.39, 0.29) is 22.5 Å². The Kier molecular flexibility index (Phi) is 5.71. The number of hydrogen-bond acceptors (Lipinski definition) is 5. The average molecular weight is 433 g/mol. The van der Waals surface area contributed by atoms with E-state index in [1.807, 2.05) is 0 Å². The lowest BCUT2D eigenvalue weighted by Crippen LogP contribution is -2.17. The van der Waals surface area contributed by atoms with Crippen molar-refractivity contribution in [2.75, 3.05) is 10.6 Å². The van der Waals surface area contributed by atoms with Crippen LogP contribution >= 0.6 is 0 Å². The molecule has 0 unspecified atom stereocenters. The lowest BCUT2D eigenvalue weighted by atomic mass is 10.1. The highest BCUT2D eigenvalue weighted by atomic mass is 19.1. The van der Waals surface area contributed by atoms with Crippen LogP contribution in [0.3, 0.4) is 0 Å². The van der Waals surface area contributed by atoms with Crippen LogP contribution in [0.4, 0.5) is 20.3 Å². The zero-order valence-corrected chi connectivity index (χ0v) is 16.6. The van der Waals surface area contributed by atoms with Crippen LogP contribution in [0, 0.1) is 11.6 Å². The Hall–Kier alpha value is -4.40. The van der Waals surface area contributed by atoms with Gasteiger partial charge in [-0.15, -0.1) is 0 Å². The van der Waals surface area contributed by atoms with Crippen molar-refractivity contribution in [1.29, 1.82) is 0 Å². The van der Waals surface area contributed by atoms with Crippen LogP contribution in [0.5, 0.6) is 0 Å². The largest absolute Gasteiger partial charge is 0.380 e. The van der Waals surface area contributed by atoms with Crippen molar-refractivity contribution < 1.29 is 18.4 Å². The van der Waals surface area contributed by atoms with Crippen molar-refractivity contribution in [3.8, 4) is 0 Å². The zero-order valence-electron chi connectivity index (χ0n) is 16.6. The average Bonchev–Trinajstić information content (AvgIpc) is 2.78. The van der Waals surface area contributed by atoms with Gasteiger partial charge in [-0.3, -0.25) is 14.6 Å². The van der Waals surface area contributed by atoms with E-state index in [1.54, 1.807) is 36.4 Å². The van der Waals surface area contributed by atoms with Crippen molar-refractivity contribution in [3.63, 3.8) is 0 Å². The first kappa shape index (κ1) is 20.9. The molecule has 2 aromatic carbocycles. The highest BCUT2D eigenvalue weighted by molar-refractivity contribution is 6.08. The first-order valence-electron chi connectivity index (χ1n) is 9.55. The van der Waals surface area contributed by atoms with E-state index in [1.165, 1.54) is 24.4 Å². The second kappa shape index (κ2) is 8.76. The molecule has 4 aromatic rings. The van der Waals surface area contributed by atoms with Crippen molar-refractivity contribution in [2.45, 2.75) is 6.54 Å². The number of anilines is 2. The minimum Gasteiger partial charge on any atom is -0.380 e. The molecule has 0 aliphatic heterocycles. The summed E-state index contributed by atoms with van der Waals surface area (Å²) in [4.78, 5) is 32.1. The molecule has 0 aliphatic carbocycles. The summed E-state index contributed by atoms with van der Waals surface area (Å²) in [7, 11) is 0. The number of halogens is 2. The molecule has 0 radical (unpaired) electrons. The van der Waals surface area contributed by atoms with Crippen LogP contribution in [-0.4, -0.2) is 21.8 Å². The summed E-state index contributed by atoms with van der Waals surface area (Å²) in [5, 5.41) is 5.87. The Labute approximate surface area is 181 Å². The van der Waals surface area contributed by atoms with Gasteiger partial charge in [-0.1, -0.05) is 12.1 Å². The molecule has 7 nitrogen and oxygen atoms in total. The number of pyridine rings is 2. The van der Waals surface area contributed by atoms with Gasteiger partial charge >= 0.3 is 0 Å². The van der Waals surface area contributed by atoms with E-state index in [0.29, 0.717) is 17.7 Å². The van der Waals surface area contributed by atoms with Gasteiger partial charge in [0.2, 0.25) is 0 Å². The number of rotatable bonds is 6. The van der Waals surface area contributed by atoms with Gasteiger partial charge in [0.1, 0.15) is 11.5 Å². The number of amides is 2. The molecule has 160 valence electrons. The van der Waals surface area contributed by atoms with E-state index in [9.17, 15) is 18.4 Å². The van der Waals surface area contributed by atoms with Crippen LogP contribution in [0.1, 0.15) is 26.4 Å². The van der Waals surface area contributed by atoms with Gasteiger partial charge in [0.05, 0.1) is 11.1 Å². The van der Waals surface area contributed by atoms with Gasteiger partial charge in [0.15, 0.2) is 11.6 Å². The molecule has 4 N–H and O–H groups in total. The maximum Gasteiger partial charge on any atom is 0.267 e. The number of nitrogens with two attached hydrogens (primary N) is 1. The number of carbonyl (C=O) groups is 2. The van der Waals surface area contributed by atoms with Crippen LogP contribution < -0.4 is 16.4 Å². The minimum atomic E-state index is -0.780. The quantitative estimate of drug-likeness (QED) is 0.428. The highest BCUT2D eigenvalue weighted by Gasteiger charge is 2.15. The molecule has 0 saturated heterocycles. The lowest BCUT2D eigenvalue weighted by Gasteiger charge is -2.13. The van der Waals surface area contributed by atoms with Gasteiger partial charge in [0, 0.05) is 23.8 Å². The maximum atomic E-state index is 14.4. The molecule has 0 saturated carbocycles. The van der Waals surface area contributed by atoms with Gasteiger partial charge in [-0.2, -0.15) is 0 Å². The molecular weight excluding hydrogens is 416 g/mol. The van der Waals surface area contributed by atoms with Crippen LogP contribution in [0.2, 0.25) is 0 Å². The summed E-state index contributed by atoms with van der Waals surface area (Å²) in [5.41, 5.74) is 7.22. The Balaban J connectivity index is 1.54. The third kappa shape index (κ3) is 4.51. The van der Waals surface area contributed by atoms with Crippen LogP contribution in [-0.2, 0) is 6.54 Å². The predicted molar refractivity (Wildman–Crippen MR) is 116 cm³/mol. The summed E-state index contributed by atoms with van der Waals surface area (Å²) in [6, 6.07) is 14.8. The topological polar surface area (TPSA) is 110 Å². The predicted octanol–water partition coefficient (Wildman–Crippen LogP) is 3.87. The van der Waals surface area contributed by atoms with Crippen molar-refractivity contribution in [3.05, 3.63) is 95.3 Å². The smallest absolute Gasteiger partial charge is 0.267 e. The molecular formula is C23H17F2N5O2. The van der Waals surface area contributed by atoms with E-state index >= 15 is 0 Å². The molecule has 0 aliphatic rings. The van der Waals surface area contributed by atoms with Gasteiger partial charge in [0.25, 0.3) is 11.8 Å². The third-order valence-corrected chi connectivity index (χ3v) is 4.69. The molecule has 9 heteroatoms. The summed E-state index contributed by atoms with van der Waals surface area (Å²) in [6.07, 6.45) is 1.47.